The van der Waals surface area contributed by atoms with E-state index in [1.165, 1.54) is 13.2 Å². The summed E-state index contributed by atoms with van der Waals surface area (Å²) in [7, 11) is 1.39. The highest BCUT2D eigenvalue weighted by atomic mass is 16.6. The van der Waals surface area contributed by atoms with Crippen LogP contribution in [0.3, 0.4) is 0 Å². The van der Waals surface area contributed by atoms with Gasteiger partial charge in [-0.25, -0.2) is 9.59 Å². The molecule has 1 N–H and O–H groups in total. The predicted molar refractivity (Wildman–Crippen MR) is 92.4 cm³/mol. The molecule has 1 aromatic heterocycles. The molecule has 1 amide bonds. The SMILES string of the molecule is COc1nc(N2CCN(C(=O)OC(C)(C)C)[C@H](C)C2)ccc1C(=O)O. The molecule has 1 aliphatic heterocycles. The number of piperazine rings is 1. The number of carboxylic acids is 1. The fraction of sp³-hybridized carbons (Fsp3) is 0.588. The summed E-state index contributed by atoms with van der Waals surface area (Å²) in [5.74, 6) is -0.385. The summed E-state index contributed by atoms with van der Waals surface area (Å²) >= 11 is 0. The number of anilines is 1. The van der Waals surface area contributed by atoms with Gasteiger partial charge in [-0.1, -0.05) is 0 Å². The average molecular weight is 351 g/mol. The Morgan fingerprint density at radius 2 is 1.96 bits per heavy atom. The summed E-state index contributed by atoms with van der Waals surface area (Å²) in [5, 5.41) is 9.14. The van der Waals surface area contributed by atoms with Crippen LogP contribution in [0.5, 0.6) is 5.88 Å². The van der Waals surface area contributed by atoms with Crippen LogP contribution in [0.1, 0.15) is 38.1 Å². The Hall–Kier alpha value is -2.51. The molecule has 0 aliphatic carbocycles. The molecule has 2 heterocycles. The van der Waals surface area contributed by atoms with Gasteiger partial charge in [0.2, 0.25) is 5.88 Å². The molecule has 1 atom stereocenters. The first-order valence-electron chi connectivity index (χ1n) is 8.15. The molecule has 1 aliphatic rings. The van der Waals surface area contributed by atoms with Crippen molar-refractivity contribution >= 4 is 17.9 Å². The Labute approximate surface area is 147 Å². The number of nitrogens with zero attached hydrogens (tertiary/aromatic N) is 3. The van der Waals surface area contributed by atoms with E-state index in [0.717, 1.165) is 0 Å². The third-order valence-electron chi connectivity index (χ3n) is 3.85. The standard InChI is InChI=1S/C17H25N3O5/c1-11-10-19(8-9-20(11)16(23)25-17(2,3)4)13-7-6-12(15(21)22)14(18-13)24-5/h6-7,11H,8-10H2,1-5H3,(H,21,22)/t11-/m1/s1. The maximum absolute atomic E-state index is 12.3. The first-order valence-corrected chi connectivity index (χ1v) is 8.15. The molecule has 0 aromatic carbocycles. The van der Waals surface area contributed by atoms with Crippen LogP contribution in [0.15, 0.2) is 12.1 Å². The summed E-state index contributed by atoms with van der Waals surface area (Å²) in [5.41, 5.74) is -0.512. The van der Waals surface area contributed by atoms with Crippen molar-refractivity contribution in [1.82, 2.24) is 9.88 Å². The maximum atomic E-state index is 12.3. The van der Waals surface area contributed by atoms with E-state index in [2.05, 4.69) is 4.98 Å². The average Bonchev–Trinajstić information content (AvgIpc) is 2.52. The van der Waals surface area contributed by atoms with Crippen LogP contribution < -0.4 is 9.64 Å². The van der Waals surface area contributed by atoms with E-state index in [1.807, 2.05) is 32.6 Å². The number of amides is 1. The number of methoxy groups -OCH3 is 1. The van der Waals surface area contributed by atoms with Gasteiger partial charge in [-0.05, 0) is 39.8 Å². The van der Waals surface area contributed by atoms with Gasteiger partial charge < -0.3 is 24.4 Å². The van der Waals surface area contributed by atoms with E-state index in [0.29, 0.717) is 25.5 Å². The molecule has 8 nitrogen and oxygen atoms in total. The number of hydrogen-bond acceptors (Lipinski definition) is 6. The molecule has 0 bridgehead atoms. The van der Waals surface area contributed by atoms with Crippen molar-refractivity contribution in [2.75, 3.05) is 31.6 Å². The number of aromatic nitrogens is 1. The van der Waals surface area contributed by atoms with Crippen molar-refractivity contribution in [3.8, 4) is 5.88 Å². The fourth-order valence-corrected chi connectivity index (χ4v) is 2.68. The Morgan fingerprint density at radius 3 is 2.48 bits per heavy atom. The second-order valence-corrected chi connectivity index (χ2v) is 7.00. The van der Waals surface area contributed by atoms with Crippen LogP contribution in [0.25, 0.3) is 0 Å². The minimum absolute atomic E-state index is 0.0201. The zero-order valence-electron chi connectivity index (χ0n) is 15.3. The van der Waals surface area contributed by atoms with Gasteiger partial charge in [0.05, 0.1) is 7.11 Å². The third-order valence-corrected chi connectivity index (χ3v) is 3.85. The normalized spacial score (nSPS) is 18.0. The van der Waals surface area contributed by atoms with Gasteiger partial charge >= 0.3 is 12.1 Å². The first-order chi connectivity index (χ1) is 11.6. The van der Waals surface area contributed by atoms with Gasteiger partial charge in [-0.3, -0.25) is 0 Å². The van der Waals surface area contributed by atoms with E-state index in [-0.39, 0.29) is 23.6 Å². The zero-order valence-corrected chi connectivity index (χ0v) is 15.3. The van der Waals surface area contributed by atoms with Crippen molar-refractivity contribution in [2.24, 2.45) is 0 Å². The number of carbonyl (C=O) groups excluding carboxylic acids is 1. The van der Waals surface area contributed by atoms with E-state index in [1.54, 1.807) is 11.0 Å². The van der Waals surface area contributed by atoms with E-state index < -0.39 is 11.6 Å². The molecular weight excluding hydrogens is 326 g/mol. The summed E-state index contributed by atoms with van der Waals surface area (Å²) in [6, 6.07) is 3.08. The smallest absolute Gasteiger partial charge is 0.410 e. The lowest BCUT2D eigenvalue weighted by molar-refractivity contribution is 0.0158. The molecule has 0 unspecified atom stereocenters. The van der Waals surface area contributed by atoms with Crippen molar-refractivity contribution in [3.05, 3.63) is 17.7 Å². The number of carbonyl (C=O) groups is 2. The van der Waals surface area contributed by atoms with Gasteiger partial charge in [-0.2, -0.15) is 4.98 Å². The Bertz CT molecular complexity index is 656. The Morgan fingerprint density at radius 1 is 1.28 bits per heavy atom. The zero-order chi connectivity index (χ0) is 18.8. The molecule has 0 saturated carbocycles. The number of pyridine rings is 1. The minimum atomic E-state index is -1.08. The van der Waals surface area contributed by atoms with Crippen LogP contribution >= 0.6 is 0 Å². The number of hydrogen-bond donors (Lipinski definition) is 1. The number of ether oxygens (including phenoxy) is 2. The molecule has 0 spiro atoms. The highest BCUT2D eigenvalue weighted by Crippen LogP contribution is 2.24. The molecule has 0 radical (unpaired) electrons. The quantitative estimate of drug-likeness (QED) is 0.892. The monoisotopic (exact) mass is 351 g/mol. The van der Waals surface area contributed by atoms with E-state index in [4.69, 9.17) is 14.6 Å². The molecular formula is C17H25N3O5. The Kier molecular flexibility index (Phi) is 5.39. The summed E-state index contributed by atoms with van der Waals surface area (Å²) in [6.07, 6.45) is -0.327. The molecule has 138 valence electrons. The largest absolute Gasteiger partial charge is 0.480 e. The maximum Gasteiger partial charge on any atom is 0.410 e. The topological polar surface area (TPSA) is 92.2 Å². The molecule has 25 heavy (non-hydrogen) atoms. The lowest BCUT2D eigenvalue weighted by Crippen LogP contribution is -2.55. The van der Waals surface area contributed by atoms with Gasteiger partial charge in [-0.15, -0.1) is 0 Å². The fourth-order valence-electron chi connectivity index (χ4n) is 2.68. The minimum Gasteiger partial charge on any atom is -0.480 e. The predicted octanol–water partition coefficient (Wildman–Crippen LogP) is 2.23. The molecule has 2 rings (SSSR count). The van der Waals surface area contributed by atoms with Crippen molar-refractivity contribution in [3.63, 3.8) is 0 Å². The number of rotatable bonds is 3. The lowest BCUT2D eigenvalue weighted by atomic mass is 10.2. The van der Waals surface area contributed by atoms with Gasteiger partial charge in [0, 0.05) is 25.7 Å². The number of aromatic carboxylic acids is 1. The highest BCUT2D eigenvalue weighted by Gasteiger charge is 2.31. The van der Waals surface area contributed by atoms with Gasteiger partial charge in [0.1, 0.15) is 17.0 Å². The Balaban J connectivity index is 2.10. The lowest BCUT2D eigenvalue weighted by Gasteiger charge is -2.40. The van der Waals surface area contributed by atoms with Crippen LogP contribution in [-0.2, 0) is 4.74 Å². The summed E-state index contributed by atoms with van der Waals surface area (Å²) in [6.45, 7) is 9.11. The summed E-state index contributed by atoms with van der Waals surface area (Å²) in [4.78, 5) is 31.4. The van der Waals surface area contributed by atoms with Crippen molar-refractivity contribution in [1.29, 1.82) is 0 Å². The summed E-state index contributed by atoms with van der Waals surface area (Å²) < 4.78 is 10.5. The second-order valence-electron chi connectivity index (χ2n) is 7.00. The molecule has 1 saturated heterocycles. The molecule has 8 heteroatoms. The van der Waals surface area contributed by atoms with Crippen LogP contribution in [0.4, 0.5) is 10.6 Å². The van der Waals surface area contributed by atoms with E-state index in [9.17, 15) is 9.59 Å². The van der Waals surface area contributed by atoms with E-state index >= 15 is 0 Å². The van der Waals surface area contributed by atoms with Crippen LogP contribution in [-0.4, -0.2) is 65.4 Å². The molecule has 1 aromatic rings. The third kappa shape index (κ3) is 4.52. The van der Waals surface area contributed by atoms with Crippen LogP contribution in [0.2, 0.25) is 0 Å². The van der Waals surface area contributed by atoms with Crippen molar-refractivity contribution in [2.45, 2.75) is 39.3 Å². The highest BCUT2D eigenvalue weighted by molar-refractivity contribution is 5.90. The first kappa shape index (κ1) is 18.8. The van der Waals surface area contributed by atoms with Gasteiger partial charge in [0.15, 0.2) is 0 Å². The van der Waals surface area contributed by atoms with Crippen LogP contribution in [0, 0.1) is 0 Å². The second kappa shape index (κ2) is 7.16. The van der Waals surface area contributed by atoms with Gasteiger partial charge in [0.25, 0.3) is 0 Å². The van der Waals surface area contributed by atoms with Crippen molar-refractivity contribution < 1.29 is 24.2 Å². The molecule has 1 fully saturated rings. The number of carboxylic acid groups (broad SMARTS) is 1.